The normalized spacial score (nSPS) is 22.7. The number of nitrogens with zero attached hydrogens (tertiary/aromatic N) is 2. The molecule has 5 heteroatoms. The Morgan fingerprint density at radius 2 is 1.59 bits per heavy atom. The summed E-state index contributed by atoms with van der Waals surface area (Å²) < 4.78 is 5.82. The van der Waals surface area contributed by atoms with E-state index in [-0.39, 0.29) is 6.09 Å². The average molecular weight is 435 g/mol. The summed E-state index contributed by atoms with van der Waals surface area (Å²) in [5.41, 5.74) is 1.54. The van der Waals surface area contributed by atoms with E-state index in [1.807, 2.05) is 12.1 Å². The minimum Gasteiger partial charge on any atom is -0.437 e. The first-order valence-electron chi connectivity index (χ1n) is 11.7. The van der Waals surface area contributed by atoms with Crippen molar-refractivity contribution in [3.8, 4) is 0 Å². The number of likely N-dealkylation sites (tertiary alicyclic amines) is 1. The summed E-state index contributed by atoms with van der Waals surface area (Å²) in [5.74, 6) is 0. The van der Waals surface area contributed by atoms with Gasteiger partial charge in [0.25, 0.3) is 0 Å². The number of hydrogen-bond acceptors (Lipinski definition) is 4. The van der Waals surface area contributed by atoms with Gasteiger partial charge in [0.1, 0.15) is 0 Å². The molecule has 1 unspecified atom stereocenters. The highest BCUT2D eigenvalue weighted by Crippen LogP contribution is 2.44. The Morgan fingerprint density at radius 1 is 1.03 bits per heavy atom. The fourth-order valence-electron chi connectivity index (χ4n) is 4.90. The van der Waals surface area contributed by atoms with Crippen molar-refractivity contribution >= 4 is 11.7 Å². The quantitative estimate of drug-likeness (QED) is 0.673. The first-order chi connectivity index (χ1) is 15.5. The molecule has 4 rings (SSSR count). The van der Waals surface area contributed by atoms with Gasteiger partial charge in [0.2, 0.25) is 0 Å². The predicted molar refractivity (Wildman–Crippen MR) is 127 cm³/mol. The van der Waals surface area contributed by atoms with Gasteiger partial charge in [-0.15, -0.1) is 0 Å². The lowest BCUT2D eigenvalue weighted by Crippen LogP contribution is -2.60. The van der Waals surface area contributed by atoms with Crippen LogP contribution in [0.15, 0.2) is 66.7 Å². The van der Waals surface area contributed by atoms with Crippen molar-refractivity contribution in [2.45, 2.75) is 50.9 Å². The predicted octanol–water partition coefficient (Wildman–Crippen LogP) is 4.91. The summed E-state index contributed by atoms with van der Waals surface area (Å²) in [6.07, 6.45) is 5.00. The van der Waals surface area contributed by atoms with Crippen molar-refractivity contribution in [1.29, 1.82) is 0 Å². The SMILES string of the molecule is CCCCN1C(=O)OC2(CCN(CC=C(c3ccccc3)c3ccccc3)CC2)C1(C)O. The van der Waals surface area contributed by atoms with E-state index < -0.39 is 11.3 Å². The fraction of sp³-hybridized carbons (Fsp3) is 0.444. The largest absolute Gasteiger partial charge is 0.437 e. The number of amides is 1. The highest BCUT2D eigenvalue weighted by molar-refractivity contribution is 5.79. The Bertz CT molecular complexity index is 890. The second-order valence-electron chi connectivity index (χ2n) is 9.04. The van der Waals surface area contributed by atoms with Crippen LogP contribution in [-0.2, 0) is 4.74 Å². The summed E-state index contributed by atoms with van der Waals surface area (Å²) in [5, 5.41) is 11.3. The van der Waals surface area contributed by atoms with E-state index in [1.54, 1.807) is 6.92 Å². The molecule has 2 aromatic carbocycles. The zero-order valence-corrected chi connectivity index (χ0v) is 19.2. The third-order valence-corrected chi connectivity index (χ3v) is 7.01. The van der Waals surface area contributed by atoms with Gasteiger partial charge in [-0.2, -0.15) is 0 Å². The van der Waals surface area contributed by atoms with Crippen LogP contribution in [0, 0.1) is 0 Å². The van der Waals surface area contributed by atoms with Crippen LogP contribution >= 0.6 is 0 Å². The van der Waals surface area contributed by atoms with Gasteiger partial charge in [-0.25, -0.2) is 4.79 Å². The Balaban J connectivity index is 1.46. The fourth-order valence-corrected chi connectivity index (χ4v) is 4.90. The van der Waals surface area contributed by atoms with Gasteiger partial charge in [-0.1, -0.05) is 80.1 Å². The first-order valence-corrected chi connectivity index (χ1v) is 11.7. The van der Waals surface area contributed by atoms with Gasteiger partial charge < -0.3 is 9.84 Å². The lowest BCUT2D eigenvalue weighted by atomic mass is 9.82. The molecule has 2 heterocycles. The van der Waals surface area contributed by atoms with E-state index in [2.05, 4.69) is 66.4 Å². The Labute approximate surface area is 191 Å². The smallest absolute Gasteiger partial charge is 0.412 e. The van der Waals surface area contributed by atoms with Crippen molar-refractivity contribution < 1.29 is 14.6 Å². The molecular formula is C27H34N2O3. The molecule has 2 aliphatic rings. The monoisotopic (exact) mass is 434 g/mol. The van der Waals surface area contributed by atoms with Crippen molar-refractivity contribution in [2.75, 3.05) is 26.2 Å². The van der Waals surface area contributed by atoms with Crippen LogP contribution in [-0.4, -0.2) is 58.5 Å². The molecule has 32 heavy (non-hydrogen) atoms. The molecule has 5 nitrogen and oxygen atoms in total. The number of hydrogen-bond donors (Lipinski definition) is 1. The van der Waals surface area contributed by atoms with Gasteiger partial charge in [0.15, 0.2) is 11.3 Å². The van der Waals surface area contributed by atoms with Gasteiger partial charge in [0.05, 0.1) is 0 Å². The number of aliphatic hydroxyl groups is 1. The van der Waals surface area contributed by atoms with Gasteiger partial charge in [-0.3, -0.25) is 9.80 Å². The van der Waals surface area contributed by atoms with Gasteiger partial charge >= 0.3 is 6.09 Å². The molecule has 1 amide bonds. The maximum absolute atomic E-state index is 12.5. The lowest BCUT2D eigenvalue weighted by molar-refractivity contribution is -0.164. The summed E-state index contributed by atoms with van der Waals surface area (Å²) in [7, 11) is 0. The summed E-state index contributed by atoms with van der Waals surface area (Å²) in [6, 6.07) is 20.9. The van der Waals surface area contributed by atoms with E-state index in [9.17, 15) is 9.90 Å². The Morgan fingerprint density at radius 3 is 2.12 bits per heavy atom. The molecule has 2 saturated heterocycles. The van der Waals surface area contributed by atoms with E-state index in [0.29, 0.717) is 19.4 Å². The number of ether oxygens (including phenoxy) is 1. The highest BCUT2D eigenvalue weighted by atomic mass is 16.6. The van der Waals surface area contributed by atoms with Crippen LogP contribution in [0.2, 0.25) is 0 Å². The summed E-state index contributed by atoms with van der Waals surface area (Å²) >= 11 is 0. The van der Waals surface area contributed by atoms with Crippen LogP contribution in [0.25, 0.3) is 5.57 Å². The van der Waals surface area contributed by atoms with Crippen LogP contribution in [0.4, 0.5) is 4.79 Å². The zero-order valence-electron chi connectivity index (χ0n) is 19.2. The van der Waals surface area contributed by atoms with Crippen LogP contribution in [0.1, 0.15) is 50.7 Å². The average Bonchev–Trinajstić information content (AvgIpc) is 2.99. The molecule has 0 bridgehead atoms. The lowest BCUT2D eigenvalue weighted by Gasteiger charge is -2.44. The van der Waals surface area contributed by atoms with Crippen molar-refractivity contribution in [2.24, 2.45) is 0 Å². The van der Waals surface area contributed by atoms with Crippen molar-refractivity contribution in [3.05, 3.63) is 77.9 Å². The molecular weight excluding hydrogens is 400 g/mol. The van der Waals surface area contributed by atoms with Crippen molar-refractivity contribution in [3.63, 3.8) is 0 Å². The molecule has 0 saturated carbocycles. The van der Waals surface area contributed by atoms with E-state index >= 15 is 0 Å². The minimum absolute atomic E-state index is 0.382. The molecule has 0 aromatic heterocycles. The van der Waals surface area contributed by atoms with E-state index in [1.165, 1.54) is 21.6 Å². The molecule has 0 radical (unpaired) electrons. The molecule has 0 aliphatic carbocycles. The first kappa shape index (κ1) is 22.6. The van der Waals surface area contributed by atoms with Gasteiger partial charge in [-0.05, 0) is 30.0 Å². The Hall–Kier alpha value is -2.63. The second kappa shape index (κ2) is 9.47. The van der Waals surface area contributed by atoms with Crippen LogP contribution < -0.4 is 0 Å². The van der Waals surface area contributed by atoms with E-state index in [4.69, 9.17) is 4.74 Å². The van der Waals surface area contributed by atoms with Crippen LogP contribution in [0.5, 0.6) is 0 Å². The van der Waals surface area contributed by atoms with E-state index in [0.717, 1.165) is 32.5 Å². The number of carbonyl (C=O) groups excluding carboxylic acids is 1. The summed E-state index contributed by atoms with van der Waals surface area (Å²) in [4.78, 5) is 16.4. The molecule has 2 aromatic rings. The molecule has 1 atom stereocenters. The highest BCUT2D eigenvalue weighted by Gasteiger charge is 2.62. The number of rotatable bonds is 7. The molecule has 170 valence electrons. The third kappa shape index (κ3) is 4.32. The number of piperidine rings is 1. The molecule has 2 fully saturated rings. The maximum Gasteiger partial charge on any atom is 0.412 e. The Kier molecular flexibility index (Phi) is 6.68. The maximum atomic E-state index is 12.5. The molecule has 1 spiro atoms. The van der Waals surface area contributed by atoms with Crippen LogP contribution in [0.3, 0.4) is 0 Å². The topological polar surface area (TPSA) is 53.0 Å². The molecule has 1 N–H and O–H groups in total. The standard InChI is InChI=1S/C27H34N2O3/c1-3-4-18-29-25(30)32-27(26(29,2)31)16-20-28(21-17-27)19-15-24(22-11-7-5-8-12-22)23-13-9-6-10-14-23/h5-15,31H,3-4,16-21H2,1-2H3. The second-order valence-corrected chi connectivity index (χ2v) is 9.04. The zero-order chi connectivity index (χ0) is 22.6. The number of benzene rings is 2. The minimum atomic E-state index is -1.26. The third-order valence-electron chi connectivity index (χ3n) is 7.01. The van der Waals surface area contributed by atoms with Crippen molar-refractivity contribution in [1.82, 2.24) is 9.80 Å². The number of carbonyl (C=O) groups is 1. The molecule has 2 aliphatic heterocycles. The summed E-state index contributed by atoms with van der Waals surface area (Å²) in [6.45, 7) is 6.72. The number of unbranched alkanes of at least 4 members (excludes halogenated alkanes) is 1. The van der Waals surface area contributed by atoms with Gasteiger partial charge in [0, 0.05) is 39.0 Å².